The fourth-order valence-corrected chi connectivity index (χ4v) is 1.99. The third-order valence-electron chi connectivity index (χ3n) is 2.27. The topological polar surface area (TPSA) is 0 Å². The van der Waals surface area contributed by atoms with Crippen LogP contribution < -0.4 is 0 Å². The fourth-order valence-electron chi connectivity index (χ4n) is 0.964. The maximum Gasteiger partial charge on any atom is 0.00786 e. The molecule has 0 saturated heterocycles. The minimum absolute atomic E-state index is 0. The van der Waals surface area contributed by atoms with Crippen LogP contribution in [0.2, 0.25) is 0 Å². The van der Waals surface area contributed by atoms with Crippen molar-refractivity contribution < 1.29 is 0 Å². The van der Waals surface area contributed by atoms with Gasteiger partial charge in [0, 0.05) is 4.88 Å². The Kier molecular flexibility index (Phi) is 3.98. The van der Waals surface area contributed by atoms with Crippen LogP contribution in [0.5, 0.6) is 0 Å². The summed E-state index contributed by atoms with van der Waals surface area (Å²) in [6, 6.07) is 4.35. The van der Waals surface area contributed by atoms with Crippen molar-refractivity contribution >= 4 is 11.3 Å². The van der Waals surface area contributed by atoms with Crippen LogP contribution >= 0.6 is 11.3 Å². The van der Waals surface area contributed by atoms with Gasteiger partial charge in [-0.05, 0) is 22.8 Å². The van der Waals surface area contributed by atoms with E-state index in [0.717, 1.165) is 0 Å². The van der Waals surface area contributed by atoms with Gasteiger partial charge in [0.05, 0.1) is 0 Å². The van der Waals surface area contributed by atoms with Gasteiger partial charge < -0.3 is 0 Å². The Bertz CT molecular complexity index is 203. The summed E-state index contributed by atoms with van der Waals surface area (Å²) in [7, 11) is 0. The van der Waals surface area contributed by atoms with Crippen molar-refractivity contribution in [1.82, 2.24) is 0 Å². The van der Waals surface area contributed by atoms with Crippen molar-refractivity contribution in [1.29, 1.82) is 0 Å². The lowest BCUT2D eigenvalue weighted by Gasteiger charge is -2.26. The van der Waals surface area contributed by atoms with E-state index in [0.29, 0.717) is 11.3 Å². The third-order valence-corrected chi connectivity index (χ3v) is 3.32. The summed E-state index contributed by atoms with van der Waals surface area (Å²) in [6.07, 6.45) is 0. The van der Waals surface area contributed by atoms with Crippen LogP contribution in [0.1, 0.15) is 45.9 Å². The first kappa shape index (κ1) is 11.7. The molecule has 0 N–H and O–H groups in total. The molecule has 0 aliphatic carbocycles. The number of hydrogen-bond donors (Lipinski definition) is 0. The summed E-state index contributed by atoms with van der Waals surface area (Å²) in [4.78, 5) is 1.50. The van der Waals surface area contributed by atoms with E-state index in [9.17, 15) is 0 Å². The fraction of sp³-hybridized carbons (Fsp3) is 0.636. The molecule has 1 aromatic heterocycles. The lowest BCUT2D eigenvalue weighted by atomic mass is 9.81. The average molecular weight is 184 g/mol. The van der Waals surface area contributed by atoms with Gasteiger partial charge in [0.15, 0.2) is 0 Å². The van der Waals surface area contributed by atoms with Crippen LogP contribution in [-0.2, 0) is 0 Å². The molecular weight excluding hydrogens is 164 g/mol. The van der Waals surface area contributed by atoms with Gasteiger partial charge in [-0.25, -0.2) is 0 Å². The Balaban J connectivity index is 0.00000121. The van der Waals surface area contributed by atoms with E-state index in [-0.39, 0.29) is 7.43 Å². The SMILES string of the molecule is C.CC(c1cccs1)C(C)(C)C. The van der Waals surface area contributed by atoms with E-state index < -0.39 is 0 Å². The molecular formula is C11H20S. The standard InChI is InChI=1S/C10H16S.CH4/c1-8(10(2,3)4)9-6-5-7-11-9;/h5-8H,1-4H3;1H4. The zero-order chi connectivity index (χ0) is 8.48. The van der Waals surface area contributed by atoms with Crippen molar-refractivity contribution in [3.05, 3.63) is 22.4 Å². The van der Waals surface area contributed by atoms with Gasteiger partial charge in [0.2, 0.25) is 0 Å². The molecule has 0 nitrogen and oxygen atoms in total. The van der Waals surface area contributed by atoms with Crippen molar-refractivity contribution in [2.75, 3.05) is 0 Å². The lowest BCUT2D eigenvalue weighted by Crippen LogP contribution is -2.13. The largest absolute Gasteiger partial charge is 0.149 e. The predicted molar refractivity (Wildman–Crippen MR) is 58.9 cm³/mol. The van der Waals surface area contributed by atoms with Crippen LogP contribution in [0.15, 0.2) is 17.5 Å². The van der Waals surface area contributed by atoms with Gasteiger partial charge >= 0.3 is 0 Å². The predicted octanol–water partition coefficient (Wildman–Crippen LogP) is 4.53. The number of rotatable bonds is 1. The lowest BCUT2D eigenvalue weighted by molar-refractivity contribution is 0.343. The second-order valence-corrected chi connectivity index (χ2v) is 5.08. The monoisotopic (exact) mass is 184 g/mol. The molecule has 12 heavy (non-hydrogen) atoms. The number of hydrogen-bond acceptors (Lipinski definition) is 1. The molecule has 0 aliphatic heterocycles. The second kappa shape index (κ2) is 4.08. The normalized spacial score (nSPS) is 13.7. The van der Waals surface area contributed by atoms with Crippen molar-refractivity contribution in [2.45, 2.75) is 41.0 Å². The molecule has 1 unspecified atom stereocenters. The molecule has 0 bridgehead atoms. The van der Waals surface area contributed by atoms with Crippen LogP contribution in [0.3, 0.4) is 0 Å². The Labute approximate surface area is 80.6 Å². The van der Waals surface area contributed by atoms with Crippen LogP contribution in [0.25, 0.3) is 0 Å². The van der Waals surface area contributed by atoms with Gasteiger partial charge in [-0.3, -0.25) is 0 Å². The zero-order valence-electron chi connectivity index (χ0n) is 7.72. The zero-order valence-corrected chi connectivity index (χ0v) is 8.53. The summed E-state index contributed by atoms with van der Waals surface area (Å²) >= 11 is 1.86. The highest BCUT2D eigenvalue weighted by Crippen LogP contribution is 2.36. The van der Waals surface area contributed by atoms with Gasteiger partial charge in [0.25, 0.3) is 0 Å². The summed E-state index contributed by atoms with van der Waals surface area (Å²) in [5, 5.41) is 2.15. The highest BCUT2D eigenvalue weighted by atomic mass is 32.1. The Morgan fingerprint density at radius 2 is 1.92 bits per heavy atom. The van der Waals surface area contributed by atoms with Gasteiger partial charge in [-0.1, -0.05) is 41.2 Å². The molecule has 1 rings (SSSR count). The molecule has 0 amide bonds. The Morgan fingerprint density at radius 1 is 1.33 bits per heavy atom. The highest BCUT2D eigenvalue weighted by Gasteiger charge is 2.21. The maximum absolute atomic E-state index is 2.30. The molecule has 0 saturated carbocycles. The molecule has 0 fully saturated rings. The Hall–Kier alpha value is -0.300. The summed E-state index contributed by atoms with van der Waals surface area (Å²) < 4.78 is 0. The van der Waals surface area contributed by atoms with E-state index in [1.165, 1.54) is 4.88 Å². The molecule has 0 spiro atoms. The third kappa shape index (κ3) is 2.63. The first-order valence-electron chi connectivity index (χ1n) is 4.05. The minimum atomic E-state index is 0. The van der Waals surface area contributed by atoms with E-state index >= 15 is 0 Å². The van der Waals surface area contributed by atoms with E-state index in [1.54, 1.807) is 0 Å². The van der Waals surface area contributed by atoms with Gasteiger partial charge in [0.1, 0.15) is 0 Å². The second-order valence-electron chi connectivity index (χ2n) is 4.10. The van der Waals surface area contributed by atoms with Crippen molar-refractivity contribution in [2.24, 2.45) is 5.41 Å². The maximum atomic E-state index is 2.30. The van der Waals surface area contributed by atoms with Crippen LogP contribution in [0, 0.1) is 5.41 Å². The van der Waals surface area contributed by atoms with E-state index in [1.807, 2.05) is 11.3 Å². The molecule has 0 aliphatic rings. The molecule has 70 valence electrons. The van der Waals surface area contributed by atoms with Crippen LogP contribution in [0.4, 0.5) is 0 Å². The molecule has 1 heteroatoms. The summed E-state index contributed by atoms with van der Waals surface area (Å²) in [5.41, 5.74) is 0.394. The quantitative estimate of drug-likeness (QED) is 0.601. The Morgan fingerprint density at radius 3 is 2.25 bits per heavy atom. The van der Waals surface area contributed by atoms with Crippen molar-refractivity contribution in [3.63, 3.8) is 0 Å². The molecule has 1 heterocycles. The summed E-state index contributed by atoms with van der Waals surface area (Å²) in [5.74, 6) is 0.669. The van der Waals surface area contributed by atoms with E-state index in [2.05, 4.69) is 45.2 Å². The average Bonchev–Trinajstić information content (AvgIpc) is 2.34. The number of thiophene rings is 1. The van der Waals surface area contributed by atoms with Gasteiger partial charge in [-0.15, -0.1) is 11.3 Å². The van der Waals surface area contributed by atoms with Crippen molar-refractivity contribution in [3.8, 4) is 0 Å². The highest BCUT2D eigenvalue weighted by molar-refractivity contribution is 7.10. The first-order valence-corrected chi connectivity index (χ1v) is 4.93. The molecule has 1 aromatic rings. The first-order chi connectivity index (χ1) is 5.02. The van der Waals surface area contributed by atoms with Gasteiger partial charge in [-0.2, -0.15) is 0 Å². The summed E-state index contributed by atoms with van der Waals surface area (Å²) in [6.45, 7) is 9.16. The minimum Gasteiger partial charge on any atom is -0.149 e. The molecule has 0 radical (unpaired) electrons. The molecule has 1 atom stereocenters. The van der Waals surface area contributed by atoms with E-state index in [4.69, 9.17) is 0 Å². The molecule has 0 aromatic carbocycles. The smallest absolute Gasteiger partial charge is 0.00786 e. The van der Waals surface area contributed by atoms with Crippen LogP contribution in [-0.4, -0.2) is 0 Å².